The van der Waals surface area contributed by atoms with Crippen LogP contribution in [0.1, 0.15) is 0 Å². The zero-order valence-corrected chi connectivity index (χ0v) is 13.3. The number of hydrogen-bond acceptors (Lipinski definition) is 6. The smallest absolute Gasteiger partial charge is 0.296 e. The minimum absolute atomic E-state index is 0.0354. The highest BCUT2D eigenvalue weighted by Gasteiger charge is 2.16. The van der Waals surface area contributed by atoms with Crippen molar-refractivity contribution in [3.05, 3.63) is 39.8 Å². The first kappa shape index (κ1) is 16.1. The van der Waals surface area contributed by atoms with Crippen molar-refractivity contribution in [3.8, 4) is 11.4 Å². The highest BCUT2D eigenvalue weighted by Crippen LogP contribution is 2.26. The van der Waals surface area contributed by atoms with Gasteiger partial charge < -0.3 is 20.1 Å². The molecule has 7 nitrogen and oxygen atoms in total. The van der Waals surface area contributed by atoms with Crippen molar-refractivity contribution in [1.29, 1.82) is 0 Å². The van der Waals surface area contributed by atoms with E-state index in [-0.39, 0.29) is 17.6 Å². The molecule has 1 heterocycles. The predicted molar refractivity (Wildman–Crippen MR) is 86.1 cm³/mol. The number of aromatic nitrogens is 2. The van der Waals surface area contributed by atoms with Gasteiger partial charge in [-0.2, -0.15) is 9.78 Å². The normalized spacial score (nSPS) is 10.5. The maximum atomic E-state index is 12.4. The first-order chi connectivity index (χ1) is 10.5. The fourth-order valence-corrected chi connectivity index (χ4v) is 2.29. The van der Waals surface area contributed by atoms with Crippen molar-refractivity contribution in [3.63, 3.8) is 0 Å². The van der Waals surface area contributed by atoms with Crippen LogP contribution in [0.15, 0.2) is 29.1 Å². The Kier molecular flexibility index (Phi) is 4.89. The molecule has 1 aromatic carbocycles. The summed E-state index contributed by atoms with van der Waals surface area (Å²) in [5, 5.41) is 4.25. The summed E-state index contributed by atoms with van der Waals surface area (Å²) in [6, 6.07) is 6.84. The Morgan fingerprint density at radius 1 is 1.41 bits per heavy atom. The maximum absolute atomic E-state index is 12.4. The summed E-state index contributed by atoms with van der Waals surface area (Å²) in [7, 11) is 5.00. The van der Waals surface area contributed by atoms with Gasteiger partial charge in [-0.1, -0.05) is 17.7 Å². The van der Waals surface area contributed by atoms with Gasteiger partial charge in [-0.3, -0.25) is 4.79 Å². The van der Waals surface area contributed by atoms with Crippen LogP contribution in [0.5, 0.6) is 5.75 Å². The number of anilines is 2. The lowest BCUT2D eigenvalue weighted by Crippen LogP contribution is -2.27. The summed E-state index contributed by atoms with van der Waals surface area (Å²) in [5.41, 5.74) is 6.37. The highest BCUT2D eigenvalue weighted by molar-refractivity contribution is 6.32. The third kappa shape index (κ3) is 3.15. The van der Waals surface area contributed by atoms with Crippen molar-refractivity contribution in [1.82, 2.24) is 9.78 Å². The topological polar surface area (TPSA) is 82.6 Å². The van der Waals surface area contributed by atoms with Crippen molar-refractivity contribution in [2.24, 2.45) is 0 Å². The third-order valence-corrected chi connectivity index (χ3v) is 3.17. The van der Waals surface area contributed by atoms with Gasteiger partial charge in [-0.25, -0.2) is 0 Å². The molecule has 2 N–H and O–H groups in total. The van der Waals surface area contributed by atoms with Gasteiger partial charge in [-0.15, -0.1) is 0 Å². The Morgan fingerprint density at radius 2 is 2.14 bits per heavy atom. The minimum Gasteiger partial charge on any atom is -0.467 e. The number of rotatable bonds is 5. The molecule has 2 rings (SSSR count). The van der Waals surface area contributed by atoms with E-state index in [2.05, 4.69) is 5.10 Å². The van der Waals surface area contributed by atoms with E-state index in [0.29, 0.717) is 17.1 Å². The standard InChI is InChI=1S/C14H17ClN4O3/c1-18(2)12-11(16)14(20)19(17-13(12)15)9-5-4-6-10(7-9)22-8-21-3/h4-7H,8,16H2,1-3H3. The minimum atomic E-state index is -0.447. The first-order valence-corrected chi connectivity index (χ1v) is 6.81. The average molecular weight is 325 g/mol. The van der Waals surface area contributed by atoms with E-state index in [1.54, 1.807) is 43.3 Å². The predicted octanol–water partition coefficient (Wildman–Crippen LogP) is 1.52. The summed E-state index contributed by atoms with van der Waals surface area (Å²) < 4.78 is 11.3. The molecule has 0 saturated heterocycles. The van der Waals surface area contributed by atoms with Gasteiger partial charge in [0.2, 0.25) is 0 Å². The van der Waals surface area contributed by atoms with E-state index in [9.17, 15) is 4.79 Å². The average Bonchev–Trinajstić information content (AvgIpc) is 2.49. The molecule has 0 bridgehead atoms. The fourth-order valence-electron chi connectivity index (χ4n) is 1.94. The molecular formula is C14H17ClN4O3. The van der Waals surface area contributed by atoms with E-state index < -0.39 is 5.56 Å². The second-order valence-corrected chi connectivity index (χ2v) is 5.07. The zero-order chi connectivity index (χ0) is 16.3. The molecule has 0 unspecified atom stereocenters. The molecule has 0 fully saturated rings. The van der Waals surface area contributed by atoms with Crippen LogP contribution in [0.2, 0.25) is 5.15 Å². The molecule has 0 atom stereocenters. The van der Waals surface area contributed by atoms with Crippen LogP contribution in [0, 0.1) is 0 Å². The summed E-state index contributed by atoms with van der Waals surface area (Å²) in [4.78, 5) is 14.0. The number of nitrogen functional groups attached to an aromatic ring is 1. The Labute approximate surface area is 132 Å². The van der Waals surface area contributed by atoms with Crippen LogP contribution in [0.25, 0.3) is 5.69 Å². The molecule has 22 heavy (non-hydrogen) atoms. The monoisotopic (exact) mass is 324 g/mol. The number of methoxy groups -OCH3 is 1. The number of nitrogens with zero attached hydrogens (tertiary/aromatic N) is 3. The lowest BCUT2D eigenvalue weighted by Gasteiger charge is -2.17. The molecule has 1 aromatic heterocycles. The number of ether oxygens (including phenoxy) is 2. The highest BCUT2D eigenvalue weighted by atomic mass is 35.5. The molecule has 0 spiro atoms. The van der Waals surface area contributed by atoms with E-state index in [0.717, 1.165) is 4.68 Å². The van der Waals surface area contributed by atoms with Gasteiger partial charge in [0.1, 0.15) is 17.1 Å². The van der Waals surface area contributed by atoms with E-state index in [1.807, 2.05) is 0 Å². The molecular weight excluding hydrogens is 308 g/mol. The Morgan fingerprint density at radius 3 is 2.77 bits per heavy atom. The Bertz CT molecular complexity index is 731. The van der Waals surface area contributed by atoms with Crippen molar-refractivity contribution >= 4 is 23.0 Å². The zero-order valence-electron chi connectivity index (χ0n) is 12.5. The maximum Gasteiger partial charge on any atom is 0.296 e. The van der Waals surface area contributed by atoms with E-state index in [4.69, 9.17) is 26.8 Å². The van der Waals surface area contributed by atoms with Gasteiger partial charge in [-0.05, 0) is 12.1 Å². The third-order valence-electron chi connectivity index (χ3n) is 2.91. The number of hydrogen-bond donors (Lipinski definition) is 1. The van der Waals surface area contributed by atoms with Crippen LogP contribution in [-0.2, 0) is 4.74 Å². The summed E-state index contributed by atoms with van der Waals surface area (Å²) in [6.45, 7) is 0.105. The molecule has 0 saturated carbocycles. The SMILES string of the molecule is COCOc1cccc(-n2nc(Cl)c(N(C)C)c(N)c2=O)c1. The molecule has 0 aliphatic rings. The molecule has 118 valence electrons. The van der Waals surface area contributed by atoms with Gasteiger partial charge in [0, 0.05) is 27.3 Å². The molecule has 0 amide bonds. The van der Waals surface area contributed by atoms with Gasteiger partial charge >= 0.3 is 0 Å². The molecule has 8 heteroatoms. The van der Waals surface area contributed by atoms with E-state index >= 15 is 0 Å². The Hall–Kier alpha value is -2.25. The summed E-state index contributed by atoms with van der Waals surface area (Å²) in [6.07, 6.45) is 0. The Balaban J connectivity index is 2.52. The lowest BCUT2D eigenvalue weighted by atomic mass is 10.3. The van der Waals surface area contributed by atoms with Gasteiger partial charge in [0.25, 0.3) is 5.56 Å². The van der Waals surface area contributed by atoms with Crippen molar-refractivity contribution < 1.29 is 9.47 Å². The van der Waals surface area contributed by atoms with Crippen LogP contribution < -0.4 is 20.9 Å². The number of nitrogens with two attached hydrogens (primary N) is 1. The van der Waals surface area contributed by atoms with Crippen LogP contribution >= 0.6 is 11.6 Å². The second-order valence-electron chi connectivity index (χ2n) is 4.71. The van der Waals surface area contributed by atoms with Gasteiger partial charge in [0.05, 0.1) is 5.69 Å². The van der Waals surface area contributed by atoms with Crippen molar-refractivity contribution in [2.75, 3.05) is 38.6 Å². The first-order valence-electron chi connectivity index (χ1n) is 6.43. The van der Waals surface area contributed by atoms with Crippen LogP contribution in [-0.4, -0.2) is 37.8 Å². The molecule has 2 aromatic rings. The van der Waals surface area contributed by atoms with Crippen LogP contribution in [0.4, 0.5) is 11.4 Å². The summed E-state index contributed by atoms with van der Waals surface area (Å²) >= 11 is 6.13. The second kappa shape index (κ2) is 6.67. The van der Waals surface area contributed by atoms with Gasteiger partial charge in [0.15, 0.2) is 11.9 Å². The quantitative estimate of drug-likeness (QED) is 0.840. The number of benzene rings is 1. The molecule has 0 aliphatic heterocycles. The van der Waals surface area contributed by atoms with E-state index in [1.165, 1.54) is 7.11 Å². The van der Waals surface area contributed by atoms with Crippen LogP contribution in [0.3, 0.4) is 0 Å². The molecule has 0 radical (unpaired) electrons. The number of halogens is 1. The molecule has 0 aliphatic carbocycles. The lowest BCUT2D eigenvalue weighted by molar-refractivity contribution is 0.0511. The summed E-state index contributed by atoms with van der Waals surface area (Å²) in [5.74, 6) is 0.541. The largest absolute Gasteiger partial charge is 0.467 e. The van der Waals surface area contributed by atoms with Crippen molar-refractivity contribution in [2.45, 2.75) is 0 Å². The fraction of sp³-hybridized carbons (Fsp3) is 0.286.